The fourth-order valence-corrected chi connectivity index (χ4v) is 5.80. The molecule has 0 aromatic heterocycles. The van der Waals surface area contributed by atoms with E-state index in [1.165, 1.54) is 57.4 Å². The Morgan fingerprint density at radius 1 is 0.816 bits per heavy atom. The lowest BCUT2D eigenvalue weighted by Crippen LogP contribution is -2.30. The van der Waals surface area contributed by atoms with E-state index in [1.54, 1.807) is 66.7 Å². The lowest BCUT2D eigenvalue weighted by atomic mass is 10.1. The van der Waals surface area contributed by atoms with Gasteiger partial charge in [-0.1, -0.05) is 42.8 Å². The number of carbonyl (C=O) groups excluding carboxylic acids is 3. The van der Waals surface area contributed by atoms with Crippen LogP contribution in [0.4, 0.5) is 11.4 Å². The first kappa shape index (κ1) is 36.4. The summed E-state index contributed by atoms with van der Waals surface area (Å²) in [5, 5.41) is 17.2. The van der Waals surface area contributed by atoms with Crippen molar-refractivity contribution >= 4 is 64.5 Å². The summed E-state index contributed by atoms with van der Waals surface area (Å²) in [6.45, 7) is 1.85. The molecule has 0 fully saturated rings. The molecule has 0 heterocycles. The molecule has 0 aliphatic rings. The average molecular weight is 704 g/mol. The fraction of sp³-hybridized carbons (Fsp3) is 0.167. The van der Waals surface area contributed by atoms with Crippen LogP contribution in [0.3, 0.4) is 0 Å². The van der Waals surface area contributed by atoms with Crippen molar-refractivity contribution in [2.75, 3.05) is 32.0 Å². The van der Waals surface area contributed by atoms with Crippen LogP contribution in [0, 0.1) is 0 Å². The molecule has 0 radical (unpaired) electrons. The van der Waals surface area contributed by atoms with Gasteiger partial charge in [0.2, 0.25) is 5.91 Å². The summed E-state index contributed by atoms with van der Waals surface area (Å²) >= 11 is 7.23. The molecule has 1 atom stereocenters. The predicted octanol–water partition coefficient (Wildman–Crippen LogP) is 6.98. The highest BCUT2D eigenvalue weighted by Gasteiger charge is 2.21. The Bertz CT molecular complexity index is 1880. The van der Waals surface area contributed by atoms with E-state index < -0.39 is 23.0 Å². The van der Waals surface area contributed by atoms with E-state index in [1.807, 2.05) is 6.92 Å². The average Bonchev–Trinajstić information content (AvgIpc) is 3.11. The molecule has 11 nitrogen and oxygen atoms in total. The van der Waals surface area contributed by atoms with Crippen LogP contribution >= 0.6 is 23.4 Å². The van der Waals surface area contributed by atoms with Gasteiger partial charge in [-0.05, 0) is 67.1 Å². The highest BCUT2D eigenvalue weighted by molar-refractivity contribution is 8.00. The molecule has 0 spiro atoms. The number of methoxy groups -OCH3 is 3. The number of halogens is 1. The number of aromatic carboxylic acids is 1. The maximum absolute atomic E-state index is 13.7. The lowest BCUT2D eigenvalue weighted by molar-refractivity contribution is -0.116. The SMILES string of the molecule is CCC(Sc1cccc(NC(=O)/C(=C\c2cc(OC)c(OC)cc2OC)NC(=O)c2ccccc2)c1)C(=O)Nc1ccc(Cl)c(C(=O)O)c1. The normalized spacial score (nSPS) is 11.6. The van der Waals surface area contributed by atoms with Gasteiger partial charge in [-0.3, -0.25) is 14.4 Å². The smallest absolute Gasteiger partial charge is 0.337 e. The number of benzene rings is 4. The molecule has 254 valence electrons. The standard InChI is InChI=1S/C36H34ClN3O8S/c1-5-32(35(43)39-24-14-15-27(37)26(19-24)36(44)45)49-25-13-9-12-23(18-25)38-34(42)28(40-33(41)21-10-7-6-8-11-21)16-22-17-30(47-3)31(48-4)20-29(22)46-2/h6-20,32H,5H2,1-4H3,(H,38,42)(H,39,43)(H,40,41)(H,44,45)/b28-16+. The van der Waals surface area contributed by atoms with Gasteiger partial charge in [-0.2, -0.15) is 0 Å². The number of ether oxygens (including phenoxy) is 3. The maximum Gasteiger partial charge on any atom is 0.337 e. The van der Waals surface area contributed by atoms with Crippen molar-refractivity contribution in [1.82, 2.24) is 5.32 Å². The van der Waals surface area contributed by atoms with Gasteiger partial charge >= 0.3 is 5.97 Å². The van der Waals surface area contributed by atoms with Crippen LogP contribution < -0.4 is 30.2 Å². The third kappa shape index (κ3) is 9.55. The van der Waals surface area contributed by atoms with Gasteiger partial charge in [-0.25, -0.2) is 4.79 Å². The van der Waals surface area contributed by atoms with Gasteiger partial charge in [0, 0.05) is 33.5 Å². The second-order valence-corrected chi connectivity index (χ2v) is 12.0. The number of hydrogen-bond acceptors (Lipinski definition) is 8. The highest BCUT2D eigenvalue weighted by Crippen LogP contribution is 2.36. The number of anilines is 2. The van der Waals surface area contributed by atoms with Crippen LogP contribution in [-0.2, 0) is 9.59 Å². The van der Waals surface area contributed by atoms with E-state index in [9.17, 15) is 24.3 Å². The Labute approximate surface area is 292 Å². The van der Waals surface area contributed by atoms with Crippen molar-refractivity contribution in [3.63, 3.8) is 0 Å². The number of hydrogen-bond donors (Lipinski definition) is 4. The molecule has 0 aliphatic carbocycles. The van der Waals surface area contributed by atoms with Crippen molar-refractivity contribution in [2.45, 2.75) is 23.5 Å². The van der Waals surface area contributed by atoms with Gasteiger partial charge < -0.3 is 35.3 Å². The third-order valence-corrected chi connectivity index (χ3v) is 8.75. The third-order valence-electron chi connectivity index (χ3n) is 7.06. The van der Waals surface area contributed by atoms with E-state index in [4.69, 9.17) is 25.8 Å². The minimum Gasteiger partial charge on any atom is -0.496 e. The van der Waals surface area contributed by atoms with E-state index >= 15 is 0 Å². The molecular weight excluding hydrogens is 670 g/mol. The molecule has 3 amide bonds. The Kier molecular flexibility index (Phi) is 12.7. The number of carbonyl (C=O) groups is 4. The topological polar surface area (TPSA) is 152 Å². The monoisotopic (exact) mass is 703 g/mol. The van der Waals surface area contributed by atoms with Gasteiger partial charge in [0.05, 0.1) is 37.2 Å². The van der Waals surface area contributed by atoms with E-state index in [-0.39, 0.29) is 22.2 Å². The molecule has 4 rings (SSSR count). The molecule has 4 aromatic carbocycles. The van der Waals surface area contributed by atoms with Crippen LogP contribution in [0.25, 0.3) is 6.08 Å². The zero-order valence-electron chi connectivity index (χ0n) is 27.0. The summed E-state index contributed by atoms with van der Waals surface area (Å²) in [6.07, 6.45) is 1.93. The number of carboxylic acids is 1. The first-order valence-electron chi connectivity index (χ1n) is 14.9. The maximum atomic E-state index is 13.7. The quantitative estimate of drug-likeness (QED) is 0.0805. The van der Waals surface area contributed by atoms with Crippen LogP contribution in [0.5, 0.6) is 17.2 Å². The number of thioether (sulfide) groups is 1. The van der Waals surface area contributed by atoms with Crippen LogP contribution in [0.1, 0.15) is 39.6 Å². The second kappa shape index (κ2) is 17.1. The van der Waals surface area contributed by atoms with Gasteiger partial charge in [-0.15, -0.1) is 11.8 Å². The summed E-state index contributed by atoms with van der Waals surface area (Å²) in [4.78, 5) is 52.2. The fourth-order valence-electron chi connectivity index (χ4n) is 4.59. The summed E-state index contributed by atoms with van der Waals surface area (Å²) in [5.41, 5.74) is 1.30. The zero-order valence-corrected chi connectivity index (χ0v) is 28.6. The highest BCUT2D eigenvalue weighted by atomic mass is 35.5. The largest absolute Gasteiger partial charge is 0.496 e. The number of carboxylic acid groups (broad SMARTS) is 1. The molecule has 4 aromatic rings. The van der Waals surface area contributed by atoms with Crippen LogP contribution in [0.15, 0.2) is 95.5 Å². The second-order valence-electron chi connectivity index (χ2n) is 10.3. The van der Waals surface area contributed by atoms with Crippen LogP contribution in [-0.4, -0.2) is 55.4 Å². The molecule has 4 N–H and O–H groups in total. The van der Waals surface area contributed by atoms with Crippen molar-refractivity contribution in [3.8, 4) is 17.2 Å². The Balaban J connectivity index is 1.58. The summed E-state index contributed by atoms with van der Waals surface area (Å²) in [5.74, 6) is -1.48. The zero-order chi connectivity index (χ0) is 35.5. The number of rotatable bonds is 14. The molecule has 13 heteroatoms. The minimum atomic E-state index is -1.21. The van der Waals surface area contributed by atoms with Gasteiger partial charge in [0.15, 0.2) is 11.5 Å². The van der Waals surface area contributed by atoms with Crippen LogP contribution in [0.2, 0.25) is 5.02 Å². The lowest BCUT2D eigenvalue weighted by Gasteiger charge is -2.16. The molecule has 0 saturated heterocycles. The predicted molar refractivity (Wildman–Crippen MR) is 190 cm³/mol. The number of nitrogens with one attached hydrogen (secondary N) is 3. The minimum absolute atomic E-state index is 0.0614. The summed E-state index contributed by atoms with van der Waals surface area (Å²) in [6, 6.07) is 22.8. The Hall–Kier alpha value is -5.46. The van der Waals surface area contributed by atoms with Crippen molar-refractivity contribution < 1.29 is 38.5 Å². The molecule has 1 unspecified atom stereocenters. The Morgan fingerprint density at radius 2 is 1.49 bits per heavy atom. The van der Waals surface area contributed by atoms with Gasteiger partial charge in [0.25, 0.3) is 11.8 Å². The van der Waals surface area contributed by atoms with E-state index in [0.717, 1.165) is 0 Å². The molecule has 0 saturated carbocycles. The molecule has 0 bridgehead atoms. The molecule has 49 heavy (non-hydrogen) atoms. The first-order valence-corrected chi connectivity index (χ1v) is 16.1. The summed E-state index contributed by atoms with van der Waals surface area (Å²) in [7, 11) is 4.44. The first-order chi connectivity index (χ1) is 23.6. The van der Waals surface area contributed by atoms with E-state index in [0.29, 0.717) is 51.1 Å². The van der Waals surface area contributed by atoms with Crippen molar-refractivity contribution in [3.05, 3.63) is 112 Å². The Morgan fingerprint density at radius 3 is 2.14 bits per heavy atom. The number of amides is 3. The van der Waals surface area contributed by atoms with Crippen molar-refractivity contribution in [1.29, 1.82) is 0 Å². The van der Waals surface area contributed by atoms with E-state index in [2.05, 4.69) is 16.0 Å². The van der Waals surface area contributed by atoms with Gasteiger partial charge in [0.1, 0.15) is 11.4 Å². The summed E-state index contributed by atoms with van der Waals surface area (Å²) < 4.78 is 16.3. The molecular formula is C36H34ClN3O8S. The van der Waals surface area contributed by atoms with Crippen molar-refractivity contribution in [2.24, 2.45) is 0 Å². The molecule has 0 aliphatic heterocycles.